The van der Waals surface area contributed by atoms with Crippen LogP contribution >= 0.6 is 24.8 Å². The summed E-state index contributed by atoms with van der Waals surface area (Å²) in [5, 5.41) is 3.21. The maximum absolute atomic E-state index is 14.2. The van der Waals surface area contributed by atoms with Gasteiger partial charge in [0.25, 0.3) is 0 Å². The van der Waals surface area contributed by atoms with E-state index in [0.29, 0.717) is 13.1 Å². The molecule has 2 nitrogen and oxygen atoms in total. The summed E-state index contributed by atoms with van der Waals surface area (Å²) in [6.45, 7) is 6.91. The third kappa shape index (κ3) is 5.48. The molecule has 0 aromatic heterocycles. The Labute approximate surface area is 152 Å². The van der Waals surface area contributed by atoms with Crippen molar-refractivity contribution in [1.82, 2.24) is 10.2 Å². The van der Waals surface area contributed by atoms with Gasteiger partial charge in [0.05, 0.1) is 5.56 Å². The average molecular weight is 391 g/mol. The van der Waals surface area contributed by atoms with E-state index < -0.39 is 17.6 Å². The van der Waals surface area contributed by atoms with Crippen LogP contribution in [0.3, 0.4) is 0 Å². The highest BCUT2D eigenvalue weighted by Crippen LogP contribution is 2.37. The molecule has 1 aromatic carbocycles. The molecule has 2 rings (SSSR count). The van der Waals surface area contributed by atoms with Crippen LogP contribution in [-0.4, -0.2) is 31.1 Å². The zero-order valence-electron chi connectivity index (χ0n) is 13.7. The first-order valence-electron chi connectivity index (χ1n) is 7.66. The van der Waals surface area contributed by atoms with E-state index in [-0.39, 0.29) is 42.3 Å². The van der Waals surface area contributed by atoms with Gasteiger partial charge < -0.3 is 5.32 Å². The average Bonchev–Trinajstić information content (AvgIpc) is 2.49. The van der Waals surface area contributed by atoms with Crippen LogP contribution in [0.2, 0.25) is 0 Å². The summed E-state index contributed by atoms with van der Waals surface area (Å²) in [5.41, 5.74) is -0.626. The van der Waals surface area contributed by atoms with Gasteiger partial charge in [0.2, 0.25) is 0 Å². The monoisotopic (exact) mass is 390 g/mol. The van der Waals surface area contributed by atoms with Crippen molar-refractivity contribution in [3.05, 3.63) is 35.1 Å². The Hall–Kier alpha value is -0.560. The molecular weight excluding hydrogens is 367 g/mol. The molecule has 1 aliphatic rings. The molecule has 140 valence electrons. The molecule has 1 fully saturated rings. The number of alkyl halides is 3. The lowest BCUT2D eigenvalue weighted by atomic mass is 9.89. The molecule has 0 amide bonds. The molecule has 1 N–H and O–H groups in total. The molecule has 0 spiro atoms. The lowest BCUT2D eigenvalue weighted by Crippen LogP contribution is -2.46. The molecule has 1 saturated heterocycles. The molecule has 0 aliphatic carbocycles. The molecule has 0 bridgehead atoms. The number of nitrogens with zero attached hydrogens (tertiary/aromatic N) is 1. The Bertz CT molecular complexity index is 505. The predicted molar refractivity (Wildman–Crippen MR) is 92.5 cm³/mol. The zero-order chi connectivity index (χ0) is 16.3. The Morgan fingerprint density at radius 2 is 1.75 bits per heavy atom. The van der Waals surface area contributed by atoms with Gasteiger partial charge in [-0.1, -0.05) is 20.3 Å². The van der Waals surface area contributed by atoms with Crippen molar-refractivity contribution in [3.8, 4) is 0 Å². The van der Waals surface area contributed by atoms with Crippen molar-refractivity contribution < 1.29 is 17.6 Å². The van der Waals surface area contributed by atoms with E-state index >= 15 is 0 Å². The Kier molecular flexibility index (Phi) is 9.57. The molecule has 1 unspecified atom stereocenters. The fourth-order valence-electron chi connectivity index (χ4n) is 2.99. The smallest absolute Gasteiger partial charge is 0.314 e. The largest absolute Gasteiger partial charge is 0.416 e. The molecule has 24 heavy (non-hydrogen) atoms. The summed E-state index contributed by atoms with van der Waals surface area (Å²) in [7, 11) is 0. The van der Waals surface area contributed by atoms with Crippen molar-refractivity contribution in [3.63, 3.8) is 0 Å². The Balaban J connectivity index is 0.00000264. The van der Waals surface area contributed by atoms with Crippen molar-refractivity contribution in [2.45, 2.75) is 32.5 Å². The van der Waals surface area contributed by atoms with E-state index in [9.17, 15) is 17.6 Å². The van der Waals surface area contributed by atoms with E-state index in [4.69, 9.17) is 0 Å². The summed E-state index contributed by atoms with van der Waals surface area (Å²) < 4.78 is 53.1. The van der Waals surface area contributed by atoms with E-state index in [0.717, 1.165) is 37.7 Å². The quantitative estimate of drug-likeness (QED) is 0.750. The molecule has 1 aliphatic heterocycles. The first kappa shape index (κ1) is 23.4. The summed E-state index contributed by atoms with van der Waals surface area (Å²) in [5.74, 6) is -0.479. The highest BCUT2D eigenvalue weighted by Gasteiger charge is 2.34. The normalized spacial score (nSPS) is 18.2. The number of nitrogens with one attached hydrogen (secondary N) is 1. The molecule has 0 radical (unpaired) electrons. The molecule has 8 heteroatoms. The first-order valence-corrected chi connectivity index (χ1v) is 7.66. The standard InChI is InChI=1S/C16H22F4N2.2ClH/c1-3-11(2)15(22-8-6-21-7-9-22)13-10-12(16(18,19)20)4-5-14(13)17;;/h4-5,10-11,15,21H,3,6-9H2,1-2H3;2*1H/t11?,15-;;/m0../s1. The second-order valence-corrected chi connectivity index (χ2v) is 5.85. The number of benzene rings is 1. The van der Waals surface area contributed by atoms with Crippen LogP contribution in [0.15, 0.2) is 18.2 Å². The van der Waals surface area contributed by atoms with Crippen LogP contribution in [0.5, 0.6) is 0 Å². The number of rotatable bonds is 4. The van der Waals surface area contributed by atoms with Gasteiger partial charge in [-0.3, -0.25) is 4.90 Å². The SMILES string of the molecule is CCC(C)[C@@H](c1cc(C(F)(F)F)ccc1F)N1CCNCC1.Cl.Cl. The third-order valence-electron chi connectivity index (χ3n) is 4.37. The van der Waals surface area contributed by atoms with Crippen molar-refractivity contribution >= 4 is 24.8 Å². The van der Waals surface area contributed by atoms with E-state index in [2.05, 4.69) is 10.2 Å². The summed E-state index contributed by atoms with van der Waals surface area (Å²) in [6.07, 6.45) is -3.67. The number of hydrogen-bond acceptors (Lipinski definition) is 2. The van der Waals surface area contributed by atoms with Gasteiger partial charge in [0, 0.05) is 37.8 Å². The van der Waals surface area contributed by atoms with Crippen LogP contribution in [0.1, 0.15) is 37.4 Å². The maximum atomic E-state index is 14.2. The van der Waals surface area contributed by atoms with Crippen LogP contribution in [0.25, 0.3) is 0 Å². The van der Waals surface area contributed by atoms with Crippen LogP contribution < -0.4 is 5.32 Å². The first-order chi connectivity index (χ1) is 10.3. The Morgan fingerprint density at radius 3 is 2.25 bits per heavy atom. The van der Waals surface area contributed by atoms with E-state index in [1.165, 1.54) is 0 Å². The lowest BCUT2D eigenvalue weighted by molar-refractivity contribution is -0.137. The lowest BCUT2D eigenvalue weighted by Gasteiger charge is -2.38. The summed E-state index contributed by atoms with van der Waals surface area (Å²) in [4.78, 5) is 2.09. The fourth-order valence-corrected chi connectivity index (χ4v) is 2.99. The van der Waals surface area contributed by atoms with Gasteiger partial charge in [0.15, 0.2) is 0 Å². The molecular formula is C16H24Cl2F4N2. The third-order valence-corrected chi connectivity index (χ3v) is 4.37. The van der Waals surface area contributed by atoms with Gasteiger partial charge in [-0.05, 0) is 24.1 Å². The zero-order valence-corrected chi connectivity index (χ0v) is 15.3. The predicted octanol–water partition coefficient (Wildman–Crippen LogP) is 4.68. The topological polar surface area (TPSA) is 15.3 Å². The maximum Gasteiger partial charge on any atom is 0.416 e. The number of piperazine rings is 1. The van der Waals surface area contributed by atoms with Crippen molar-refractivity contribution in [2.75, 3.05) is 26.2 Å². The van der Waals surface area contributed by atoms with Gasteiger partial charge in [0.1, 0.15) is 5.82 Å². The molecule has 0 saturated carbocycles. The van der Waals surface area contributed by atoms with Gasteiger partial charge in [-0.15, -0.1) is 24.8 Å². The van der Waals surface area contributed by atoms with Crippen molar-refractivity contribution in [1.29, 1.82) is 0 Å². The van der Waals surface area contributed by atoms with E-state index in [1.807, 2.05) is 13.8 Å². The second-order valence-electron chi connectivity index (χ2n) is 5.85. The minimum atomic E-state index is -4.45. The van der Waals surface area contributed by atoms with Gasteiger partial charge in [-0.25, -0.2) is 4.39 Å². The number of halogens is 6. The van der Waals surface area contributed by atoms with E-state index in [1.54, 1.807) is 0 Å². The summed E-state index contributed by atoms with van der Waals surface area (Å²) >= 11 is 0. The van der Waals surface area contributed by atoms with Crippen LogP contribution in [-0.2, 0) is 6.18 Å². The highest BCUT2D eigenvalue weighted by atomic mass is 35.5. The van der Waals surface area contributed by atoms with Crippen molar-refractivity contribution in [2.24, 2.45) is 5.92 Å². The molecule has 1 heterocycles. The minimum Gasteiger partial charge on any atom is -0.314 e. The molecule has 1 aromatic rings. The highest BCUT2D eigenvalue weighted by molar-refractivity contribution is 5.85. The minimum absolute atomic E-state index is 0. The number of hydrogen-bond donors (Lipinski definition) is 1. The summed E-state index contributed by atoms with van der Waals surface area (Å²) in [6, 6.07) is 2.41. The van der Waals surface area contributed by atoms with Crippen LogP contribution in [0, 0.1) is 11.7 Å². The molecule has 2 atom stereocenters. The van der Waals surface area contributed by atoms with Crippen LogP contribution in [0.4, 0.5) is 17.6 Å². The van der Waals surface area contributed by atoms with Gasteiger partial charge >= 0.3 is 6.18 Å². The van der Waals surface area contributed by atoms with Gasteiger partial charge in [-0.2, -0.15) is 13.2 Å². The second kappa shape index (κ2) is 9.80. The fraction of sp³-hybridized carbons (Fsp3) is 0.625. The Morgan fingerprint density at radius 1 is 1.17 bits per heavy atom.